The Hall–Kier alpha value is -2.82. The van der Waals surface area contributed by atoms with Gasteiger partial charge in [-0.2, -0.15) is 0 Å². The lowest BCUT2D eigenvalue weighted by Gasteiger charge is -2.13. The van der Waals surface area contributed by atoms with Crippen molar-refractivity contribution in [3.8, 4) is 11.5 Å². The number of aromatic nitrogens is 2. The minimum absolute atomic E-state index is 0.566. The molecule has 0 aliphatic heterocycles. The summed E-state index contributed by atoms with van der Waals surface area (Å²) in [6.45, 7) is 0.748. The highest BCUT2D eigenvalue weighted by atomic mass is 16.4. The highest BCUT2D eigenvalue weighted by Gasteiger charge is 2.07. The van der Waals surface area contributed by atoms with E-state index in [1.807, 2.05) is 44.4 Å². The van der Waals surface area contributed by atoms with Crippen LogP contribution in [0.1, 0.15) is 5.89 Å². The highest BCUT2D eigenvalue weighted by Crippen LogP contribution is 2.18. The molecule has 5 heteroatoms. The van der Waals surface area contributed by atoms with Crippen molar-refractivity contribution < 1.29 is 4.42 Å². The molecule has 0 bridgehead atoms. The van der Waals surface area contributed by atoms with E-state index in [2.05, 4.69) is 44.7 Å². The van der Waals surface area contributed by atoms with Crippen LogP contribution in [0.25, 0.3) is 11.5 Å². The summed E-state index contributed by atoms with van der Waals surface area (Å²) in [5.74, 6) is 1.21. The van der Waals surface area contributed by atoms with Crippen molar-refractivity contribution in [3.63, 3.8) is 0 Å². The van der Waals surface area contributed by atoms with Crippen LogP contribution >= 0.6 is 0 Å². The van der Waals surface area contributed by atoms with E-state index in [1.165, 1.54) is 5.69 Å². The molecule has 0 unspecified atom stereocenters. The summed E-state index contributed by atoms with van der Waals surface area (Å²) in [7, 11) is 4.06. The fourth-order valence-corrected chi connectivity index (χ4v) is 2.24. The van der Waals surface area contributed by atoms with Crippen molar-refractivity contribution >= 4 is 11.4 Å². The van der Waals surface area contributed by atoms with E-state index < -0.39 is 0 Å². The Morgan fingerprint density at radius 2 is 1.70 bits per heavy atom. The van der Waals surface area contributed by atoms with Crippen LogP contribution in [0.4, 0.5) is 11.4 Å². The van der Waals surface area contributed by atoms with E-state index in [9.17, 15) is 0 Å². The fourth-order valence-electron chi connectivity index (χ4n) is 2.24. The zero-order valence-electron chi connectivity index (χ0n) is 13.4. The predicted molar refractivity (Wildman–Crippen MR) is 92.7 cm³/mol. The van der Waals surface area contributed by atoms with Crippen LogP contribution in [0.2, 0.25) is 0 Å². The van der Waals surface area contributed by atoms with Crippen LogP contribution in [-0.2, 0) is 6.42 Å². The lowest BCUT2D eigenvalue weighted by Crippen LogP contribution is -2.09. The Labute approximate surface area is 136 Å². The maximum absolute atomic E-state index is 5.69. The molecule has 5 nitrogen and oxygen atoms in total. The predicted octanol–water partition coefficient (Wildman–Crippen LogP) is 3.46. The molecule has 0 atom stereocenters. The van der Waals surface area contributed by atoms with Gasteiger partial charge < -0.3 is 14.6 Å². The molecular weight excluding hydrogens is 288 g/mol. The third-order valence-electron chi connectivity index (χ3n) is 3.54. The summed E-state index contributed by atoms with van der Waals surface area (Å²) in [5, 5.41) is 11.6. The van der Waals surface area contributed by atoms with Gasteiger partial charge in [0.2, 0.25) is 11.8 Å². The number of nitrogens with one attached hydrogen (secondary N) is 1. The molecule has 0 aliphatic carbocycles. The molecule has 0 amide bonds. The van der Waals surface area contributed by atoms with Gasteiger partial charge in [-0.1, -0.05) is 18.2 Å². The molecule has 1 aromatic heterocycles. The van der Waals surface area contributed by atoms with Crippen LogP contribution < -0.4 is 10.2 Å². The second kappa shape index (κ2) is 6.96. The van der Waals surface area contributed by atoms with Gasteiger partial charge in [-0.3, -0.25) is 0 Å². The Kier molecular flexibility index (Phi) is 4.57. The first-order valence-corrected chi connectivity index (χ1v) is 7.61. The number of anilines is 2. The zero-order valence-corrected chi connectivity index (χ0v) is 13.4. The van der Waals surface area contributed by atoms with Gasteiger partial charge in [0, 0.05) is 44.0 Å². The average molecular weight is 308 g/mol. The summed E-state index contributed by atoms with van der Waals surface area (Å²) < 4.78 is 5.69. The maximum Gasteiger partial charge on any atom is 0.247 e. The van der Waals surface area contributed by atoms with Crippen molar-refractivity contribution in [2.45, 2.75) is 6.42 Å². The van der Waals surface area contributed by atoms with Crippen LogP contribution in [0.5, 0.6) is 0 Å². The van der Waals surface area contributed by atoms with Gasteiger partial charge in [-0.05, 0) is 36.4 Å². The van der Waals surface area contributed by atoms with Crippen LogP contribution in [0.15, 0.2) is 59.0 Å². The van der Waals surface area contributed by atoms with E-state index >= 15 is 0 Å². The summed E-state index contributed by atoms with van der Waals surface area (Å²) in [5.41, 5.74) is 3.21. The average Bonchev–Trinajstić information content (AvgIpc) is 3.05. The fraction of sp³-hybridized carbons (Fsp3) is 0.222. The number of hydrogen-bond donors (Lipinski definition) is 1. The molecular formula is C18H20N4O. The quantitative estimate of drug-likeness (QED) is 0.756. The maximum atomic E-state index is 5.69. The van der Waals surface area contributed by atoms with Gasteiger partial charge in [-0.15, -0.1) is 10.2 Å². The highest BCUT2D eigenvalue weighted by molar-refractivity contribution is 5.54. The standard InChI is InChI=1S/C18H20N4O/c1-22(2)16-10-8-15(9-11-16)19-13-12-17-20-21-18(23-17)14-6-4-3-5-7-14/h3-11,19H,12-13H2,1-2H3. The summed E-state index contributed by atoms with van der Waals surface area (Å²) >= 11 is 0. The topological polar surface area (TPSA) is 54.2 Å². The number of nitrogens with zero attached hydrogens (tertiary/aromatic N) is 3. The minimum Gasteiger partial charge on any atom is -0.421 e. The van der Waals surface area contributed by atoms with E-state index in [0.717, 1.165) is 17.8 Å². The van der Waals surface area contributed by atoms with Gasteiger partial charge in [0.15, 0.2) is 0 Å². The molecule has 1 N–H and O–H groups in total. The molecule has 0 saturated heterocycles. The molecule has 0 radical (unpaired) electrons. The van der Waals surface area contributed by atoms with Gasteiger partial charge >= 0.3 is 0 Å². The molecule has 3 rings (SSSR count). The van der Waals surface area contributed by atoms with Crippen molar-refractivity contribution in [1.82, 2.24) is 10.2 Å². The first-order valence-electron chi connectivity index (χ1n) is 7.61. The van der Waals surface area contributed by atoms with Crippen LogP contribution in [0.3, 0.4) is 0 Å². The van der Waals surface area contributed by atoms with Gasteiger partial charge in [0.1, 0.15) is 0 Å². The summed E-state index contributed by atoms with van der Waals surface area (Å²) in [6.07, 6.45) is 0.690. The smallest absolute Gasteiger partial charge is 0.247 e. The Morgan fingerprint density at radius 3 is 2.39 bits per heavy atom. The number of rotatable bonds is 6. The summed E-state index contributed by atoms with van der Waals surface area (Å²) in [6, 6.07) is 18.1. The van der Waals surface area contributed by atoms with Gasteiger partial charge in [0.25, 0.3) is 0 Å². The molecule has 0 spiro atoms. The van der Waals surface area contributed by atoms with E-state index in [-0.39, 0.29) is 0 Å². The van der Waals surface area contributed by atoms with Crippen LogP contribution in [-0.4, -0.2) is 30.8 Å². The Bertz CT molecular complexity index is 735. The first kappa shape index (κ1) is 15.1. The molecule has 0 fully saturated rings. The second-order valence-electron chi connectivity index (χ2n) is 5.49. The summed E-state index contributed by atoms with van der Waals surface area (Å²) in [4.78, 5) is 2.08. The van der Waals surface area contributed by atoms with Crippen molar-refractivity contribution in [3.05, 3.63) is 60.5 Å². The van der Waals surface area contributed by atoms with E-state index in [4.69, 9.17) is 4.42 Å². The molecule has 2 aromatic carbocycles. The van der Waals surface area contributed by atoms with Crippen molar-refractivity contribution in [1.29, 1.82) is 0 Å². The monoisotopic (exact) mass is 308 g/mol. The molecule has 1 heterocycles. The third kappa shape index (κ3) is 3.88. The van der Waals surface area contributed by atoms with E-state index in [1.54, 1.807) is 0 Å². The van der Waals surface area contributed by atoms with E-state index in [0.29, 0.717) is 18.2 Å². The first-order chi connectivity index (χ1) is 11.2. The third-order valence-corrected chi connectivity index (χ3v) is 3.54. The largest absolute Gasteiger partial charge is 0.421 e. The SMILES string of the molecule is CN(C)c1ccc(NCCc2nnc(-c3ccccc3)o2)cc1. The number of hydrogen-bond acceptors (Lipinski definition) is 5. The van der Waals surface area contributed by atoms with Crippen molar-refractivity contribution in [2.75, 3.05) is 30.9 Å². The van der Waals surface area contributed by atoms with Crippen LogP contribution in [0, 0.1) is 0 Å². The Morgan fingerprint density at radius 1 is 0.957 bits per heavy atom. The number of benzene rings is 2. The molecule has 3 aromatic rings. The van der Waals surface area contributed by atoms with Crippen molar-refractivity contribution in [2.24, 2.45) is 0 Å². The minimum atomic E-state index is 0.566. The van der Waals surface area contributed by atoms with Gasteiger partial charge in [-0.25, -0.2) is 0 Å². The molecule has 0 aliphatic rings. The lowest BCUT2D eigenvalue weighted by atomic mass is 10.2. The normalized spacial score (nSPS) is 10.5. The molecule has 23 heavy (non-hydrogen) atoms. The molecule has 118 valence electrons. The lowest BCUT2D eigenvalue weighted by molar-refractivity contribution is 0.509. The van der Waals surface area contributed by atoms with Gasteiger partial charge in [0.05, 0.1) is 0 Å². The zero-order chi connectivity index (χ0) is 16.1. The second-order valence-corrected chi connectivity index (χ2v) is 5.49. The Balaban J connectivity index is 1.54. The molecule has 0 saturated carbocycles.